The molecule has 0 bridgehead atoms. The van der Waals surface area contributed by atoms with Crippen LogP contribution < -0.4 is 4.74 Å². The monoisotopic (exact) mass is 294 g/mol. The second-order valence-electron chi connectivity index (χ2n) is 4.99. The summed E-state index contributed by atoms with van der Waals surface area (Å²) in [5.74, 6) is 0.890. The maximum atomic E-state index is 6.54. The van der Waals surface area contributed by atoms with Crippen LogP contribution in [-0.4, -0.2) is 6.10 Å². The third kappa shape index (κ3) is 3.52. The van der Waals surface area contributed by atoms with Gasteiger partial charge in [0.05, 0.1) is 11.5 Å². The van der Waals surface area contributed by atoms with Crippen LogP contribution in [-0.2, 0) is 0 Å². The van der Waals surface area contributed by atoms with E-state index in [0.29, 0.717) is 0 Å². The quantitative estimate of drug-likeness (QED) is 0.678. The van der Waals surface area contributed by atoms with E-state index in [9.17, 15) is 0 Å². The Hall–Kier alpha value is -0.990. The van der Waals surface area contributed by atoms with Crippen LogP contribution >= 0.6 is 22.9 Å². The molecule has 1 unspecified atom stereocenters. The van der Waals surface area contributed by atoms with E-state index in [-0.39, 0.29) is 11.5 Å². The lowest BCUT2D eigenvalue weighted by Gasteiger charge is -2.12. The van der Waals surface area contributed by atoms with Gasteiger partial charge in [0.2, 0.25) is 0 Å². The molecular formula is C16H19ClOS. The molecule has 0 amide bonds. The van der Waals surface area contributed by atoms with Gasteiger partial charge in [-0.3, -0.25) is 0 Å². The first-order chi connectivity index (χ1) is 8.97. The summed E-state index contributed by atoms with van der Waals surface area (Å²) in [6.45, 7) is 8.30. The van der Waals surface area contributed by atoms with Crippen LogP contribution in [0.25, 0.3) is 0 Å². The summed E-state index contributed by atoms with van der Waals surface area (Å²) in [5.41, 5.74) is 2.42. The van der Waals surface area contributed by atoms with Crippen molar-refractivity contribution in [3.63, 3.8) is 0 Å². The van der Waals surface area contributed by atoms with Crippen molar-refractivity contribution >= 4 is 22.9 Å². The molecule has 0 aliphatic rings. The minimum Gasteiger partial charge on any atom is -0.491 e. The number of alkyl halides is 1. The molecule has 0 fully saturated rings. The molecule has 1 aromatic carbocycles. The van der Waals surface area contributed by atoms with Crippen LogP contribution in [0.15, 0.2) is 30.3 Å². The third-order valence-corrected chi connectivity index (χ3v) is 4.81. The van der Waals surface area contributed by atoms with E-state index in [0.717, 1.165) is 11.3 Å². The summed E-state index contributed by atoms with van der Waals surface area (Å²) in [6, 6.07) is 10.2. The summed E-state index contributed by atoms with van der Waals surface area (Å²) in [7, 11) is 0. The highest BCUT2D eigenvalue weighted by molar-refractivity contribution is 7.12. The highest BCUT2D eigenvalue weighted by Crippen LogP contribution is 2.35. The normalized spacial score (nSPS) is 12.7. The second kappa shape index (κ2) is 5.98. The van der Waals surface area contributed by atoms with Crippen molar-refractivity contribution in [2.75, 3.05) is 0 Å². The van der Waals surface area contributed by atoms with Gasteiger partial charge in [-0.2, -0.15) is 0 Å². The van der Waals surface area contributed by atoms with Gasteiger partial charge in [-0.15, -0.1) is 22.9 Å². The SMILES string of the molecule is Cc1cc(C(Cl)c2ccc(OC(C)C)cc2)sc1C. The van der Waals surface area contributed by atoms with Crippen LogP contribution in [0.3, 0.4) is 0 Å². The van der Waals surface area contributed by atoms with E-state index < -0.39 is 0 Å². The molecule has 3 heteroatoms. The first-order valence-corrected chi connectivity index (χ1v) is 7.70. The predicted molar refractivity (Wildman–Crippen MR) is 83.7 cm³/mol. The molecule has 1 heterocycles. The van der Waals surface area contributed by atoms with E-state index in [1.54, 1.807) is 11.3 Å². The molecule has 1 atom stereocenters. The first-order valence-electron chi connectivity index (χ1n) is 6.45. The van der Waals surface area contributed by atoms with Gasteiger partial charge in [0.25, 0.3) is 0 Å². The van der Waals surface area contributed by atoms with E-state index in [2.05, 4.69) is 19.9 Å². The number of aryl methyl sites for hydroxylation is 2. The number of hydrogen-bond acceptors (Lipinski definition) is 2. The highest BCUT2D eigenvalue weighted by atomic mass is 35.5. The molecule has 0 radical (unpaired) electrons. The van der Waals surface area contributed by atoms with Crippen molar-refractivity contribution in [2.45, 2.75) is 39.2 Å². The summed E-state index contributed by atoms with van der Waals surface area (Å²) >= 11 is 8.31. The summed E-state index contributed by atoms with van der Waals surface area (Å²) < 4.78 is 5.64. The zero-order valence-electron chi connectivity index (χ0n) is 11.7. The molecule has 2 rings (SSSR count). The number of halogens is 1. The highest BCUT2D eigenvalue weighted by Gasteiger charge is 2.14. The van der Waals surface area contributed by atoms with E-state index in [1.807, 2.05) is 38.1 Å². The molecular weight excluding hydrogens is 276 g/mol. The Morgan fingerprint density at radius 1 is 1.11 bits per heavy atom. The van der Waals surface area contributed by atoms with Crippen molar-refractivity contribution in [3.8, 4) is 5.75 Å². The Bertz CT molecular complexity index is 523. The summed E-state index contributed by atoms with van der Waals surface area (Å²) in [4.78, 5) is 2.54. The molecule has 0 N–H and O–H groups in total. The maximum absolute atomic E-state index is 6.54. The summed E-state index contributed by atoms with van der Waals surface area (Å²) in [6.07, 6.45) is 0.195. The zero-order valence-corrected chi connectivity index (χ0v) is 13.3. The van der Waals surface area contributed by atoms with Gasteiger partial charge >= 0.3 is 0 Å². The lowest BCUT2D eigenvalue weighted by molar-refractivity contribution is 0.242. The van der Waals surface area contributed by atoms with Gasteiger partial charge in [-0.1, -0.05) is 12.1 Å². The Labute approximate surface area is 124 Å². The largest absolute Gasteiger partial charge is 0.491 e. The fraction of sp³-hybridized carbons (Fsp3) is 0.375. The molecule has 1 nitrogen and oxygen atoms in total. The van der Waals surface area contributed by atoms with Crippen LogP contribution in [0.4, 0.5) is 0 Å². The van der Waals surface area contributed by atoms with E-state index >= 15 is 0 Å². The van der Waals surface area contributed by atoms with Crippen LogP contribution in [0.2, 0.25) is 0 Å². The third-order valence-electron chi connectivity index (χ3n) is 2.98. The zero-order chi connectivity index (χ0) is 14.0. The molecule has 0 spiro atoms. The van der Waals surface area contributed by atoms with E-state index in [4.69, 9.17) is 16.3 Å². The molecule has 102 valence electrons. The second-order valence-corrected chi connectivity index (χ2v) is 6.71. The smallest absolute Gasteiger partial charge is 0.119 e. The molecule has 0 saturated heterocycles. The van der Waals surface area contributed by atoms with E-state index in [1.165, 1.54) is 15.3 Å². The number of thiophene rings is 1. The molecule has 1 aromatic heterocycles. The Morgan fingerprint density at radius 2 is 1.74 bits per heavy atom. The molecule has 19 heavy (non-hydrogen) atoms. The fourth-order valence-corrected chi connectivity index (χ4v) is 3.27. The van der Waals surface area contributed by atoms with Gasteiger partial charge < -0.3 is 4.74 Å². The van der Waals surface area contributed by atoms with Crippen molar-refractivity contribution in [3.05, 3.63) is 51.2 Å². The standard InChI is InChI=1S/C16H19ClOS/c1-10(2)18-14-7-5-13(6-8-14)16(17)15-9-11(3)12(4)19-15/h5-10,16H,1-4H3. The molecule has 0 saturated carbocycles. The predicted octanol–water partition coefficient (Wildman–Crippen LogP) is 5.48. The average molecular weight is 295 g/mol. The maximum Gasteiger partial charge on any atom is 0.119 e. The van der Waals surface area contributed by atoms with Gasteiger partial charge in [0.1, 0.15) is 5.75 Å². The lowest BCUT2D eigenvalue weighted by atomic mass is 10.1. The molecule has 0 aliphatic heterocycles. The molecule has 0 aliphatic carbocycles. The first kappa shape index (κ1) is 14.4. The Kier molecular flexibility index (Phi) is 4.54. The molecule has 2 aromatic rings. The van der Waals surface area contributed by atoms with Crippen LogP contribution in [0.1, 0.15) is 40.1 Å². The van der Waals surface area contributed by atoms with Gasteiger partial charge in [-0.25, -0.2) is 0 Å². The summed E-state index contributed by atoms with van der Waals surface area (Å²) in [5, 5.41) is -0.0782. The lowest BCUT2D eigenvalue weighted by Crippen LogP contribution is -2.05. The average Bonchev–Trinajstić information content (AvgIpc) is 2.69. The van der Waals surface area contributed by atoms with Crippen molar-refractivity contribution in [1.29, 1.82) is 0 Å². The fourth-order valence-electron chi connectivity index (χ4n) is 1.88. The minimum atomic E-state index is -0.0782. The number of hydrogen-bond donors (Lipinski definition) is 0. The Morgan fingerprint density at radius 3 is 2.21 bits per heavy atom. The minimum absolute atomic E-state index is 0.0782. The number of benzene rings is 1. The van der Waals surface area contributed by atoms with Crippen molar-refractivity contribution < 1.29 is 4.74 Å². The topological polar surface area (TPSA) is 9.23 Å². The van der Waals surface area contributed by atoms with Crippen molar-refractivity contribution in [2.24, 2.45) is 0 Å². The van der Waals surface area contributed by atoms with Crippen LogP contribution in [0, 0.1) is 13.8 Å². The Balaban J connectivity index is 2.17. The van der Waals surface area contributed by atoms with Gasteiger partial charge in [-0.05, 0) is 57.0 Å². The van der Waals surface area contributed by atoms with Gasteiger partial charge in [0, 0.05) is 9.75 Å². The number of rotatable bonds is 4. The van der Waals surface area contributed by atoms with Crippen LogP contribution in [0.5, 0.6) is 5.75 Å². The number of ether oxygens (including phenoxy) is 1. The van der Waals surface area contributed by atoms with Gasteiger partial charge in [0.15, 0.2) is 0 Å². The van der Waals surface area contributed by atoms with Crippen molar-refractivity contribution in [1.82, 2.24) is 0 Å².